The summed E-state index contributed by atoms with van der Waals surface area (Å²) in [5.74, 6) is 0. The third-order valence-electron chi connectivity index (χ3n) is 13.9. The summed E-state index contributed by atoms with van der Waals surface area (Å²) in [4.78, 5) is 0. The fourth-order valence-electron chi connectivity index (χ4n) is 9.58. The van der Waals surface area contributed by atoms with Gasteiger partial charge >= 0.3 is 0 Å². The molecule has 0 fully saturated rings. The molecule has 0 amide bonds. The second-order valence-electron chi connectivity index (χ2n) is 22.0. The Hall–Kier alpha value is 0.360. The molecule has 0 rings (SSSR count). The molecule has 3 nitrogen and oxygen atoms in total. The van der Waals surface area contributed by atoms with Crippen LogP contribution in [0, 0.1) is 0 Å². The molecule has 0 aliphatic carbocycles. The van der Waals surface area contributed by atoms with Crippen LogP contribution in [0.2, 0.25) is 0 Å². The Bertz CT molecular complexity index is 708. The zero-order valence-electron chi connectivity index (χ0n) is 46.8. The highest BCUT2D eigenvalue weighted by Crippen LogP contribution is 2.17. The van der Waals surface area contributed by atoms with Crippen LogP contribution >= 0.6 is 0 Å². The number of quaternary nitrogens is 2. The van der Waals surface area contributed by atoms with Crippen molar-refractivity contribution in [3.05, 3.63) is 5.73 Å². The molecule has 1 N–H and O–H groups in total. The summed E-state index contributed by atoms with van der Waals surface area (Å²) >= 11 is 0. The Balaban J connectivity index is -0.000000420. The molecular weight excluding hydrogens is 843 g/mol. The quantitative estimate of drug-likeness (QED) is 0.0429. The first-order valence-electron chi connectivity index (χ1n) is 29.9. The van der Waals surface area contributed by atoms with Gasteiger partial charge in [-0.1, -0.05) is 291 Å². The molecule has 0 radical (unpaired) electrons. The maximum absolute atomic E-state index is 7.08. The summed E-state index contributed by atoms with van der Waals surface area (Å²) < 4.78 is 2.43. The van der Waals surface area contributed by atoms with Crippen molar-refractivity contribution in [3.8, 4) is 0 Å². The first kappa shape index (κ1) is 70.9. The average molecular weight is 974 g/mol. The van der Waals surface area contributed by atoms with Crippen LogP contribution in [0.4, 0.5) is 0 Å². The number of halogens is 1. The van der Waals surface area contributed by atoms with Gasteiger partial charge in [-0.05, 0) is 38.5 Å². The summed E-state index contributed by atoms with van der Waals surface area (Å²) in [5.41, 5.74) is 7.08. The maximum atomic E-state index is 7.08. The molecule has 0 spiro atoms. The van der Waals surface area contributed by atoms with Gasteiger partial charge in [0.2, 0.25) is 0 Å². The van der Waals surface area contributed by atoms with Gasteiger partial charge in [-0.25, -0.2) is 0 Å². The van der Waals surface area contributed by atoms with E-state index in [1.807, 2.05) is 0 Å². The monoisotopic (exact) mass is 972 g/mol. The Morgan fingerprint density at radius 2 is 0.359 bits per heavy atom. The molecule has 0 unspecified atom stereocenters. The summed E-state index contributed by atoms with van der Waals surface area (Å²) in [5, 5.41) is 0. The van der Waals surface area contributed by atoms with Gasteiger partial charge in [-0.15, -0.1) is 0 Å². The van der Waals surface area contributed by atoms with E-state index in [0.717, 1.165) is 6.42 Å². The van der Waals surface area contributed by atoms with Gasteiger partial charge in [0, 0.05) is 0 Å². The molecule has 0 atom stereocenters. The van der Waals surface area contributed by atoms with E-state index >= 15 is 0 Å². The van der Waals surface area contributed by atoms with Gasteiger partial charge in [0.15, 0.2) is 0 Å². The van der Waals surface area contributed by atoms with E-state index in [2.05, 4.69) is 62.8 Å². The van der Waals surface area contributed by atoms with E-state index < -0.39 is 0 Å². The minimum absolute atomic E-state index is 0. The van der Waals surface area contributed by atoms with Gasteiger partial charge in [0.1, 0.15) is 0 Å². The number of nitrogens with zero attached hydrogens (tertiary/aromatic N) is 2. The smallest absolute Gasteiger partial charge is 0.0782 e. The summed E-state index contributed by atoms with van der Waals surface area (Å²) in [7, 11) is 9.52. The molecule has 0 aromatic carbocycles. The third kappa shape index (κ3) is 68.9. The molecule has 0 saturated carbocycles. The standard InChI is InChI=1S/2C21H46N.C18H38N.BrH/c2*1-5-7-8-9-10-11-12-13-14-15-16-17-18-19-21-22(3,4)20-6-2;1-2-3-4-5-6-7-8-9-10-11-12-13-14-15-16-17-18-19;/h2*5-21H2,1-4H3;19H,2-18H2,1H3;1H/q2*+1;-1;/p-1. The SMILES string of the molecule is CCCCCCCCCCCCCCCCCC[NH-].CCCCCCCCCCCCCCCC[N+](C)(C)CCC.CCCCCCCCCCCCCCCC[N+](C)(C)CCC.[Br-]. The van der Waals surface area contributed by atoms with Crippen LogP contribution < -0.4 is 17.0 Å². The zero-order valence-corrected chi connectivity index (χ0v) is 48.4. The molecule has 0 aromatic rings. The lowest BCUT2D eigenvalue weighted by Crippen LogP contribution is -3.00. The minimum atomic E-state index is 0. The van der Waals surface area contributed by atoms with Crippen molar-refractivity contribution in [2.75, 3.05) is 60.9 Å². The van der Waals surface area contributed by atoms with E-state index in [4.69, 9.17) is 5.73 Å². The van der Waals surface area contributed by atoms with Gasteiger partial charge in [-0.2, -0.15) is 6.54 Å². The second kappa shape index (κ2) is 61.4. The molecule has 4 heteroatoms. The predicted molar refractivity (Wildman–Crippen MR) is 294 cm³/mol. The van der Waals surface area contributed by atoms with E-state index in [1.165, 1.54) is 324 Å². The van der Waals surface area contributed by atoms with Crippen LogP contribution in [-0.4, -0.2) is 69.9 Å². The molecule has 0 bridgehead atoms. The first-order valence-corrected chi connectivity index (χ1v) is 29.9. The first-order chi connectivity index (χ1) is 30.7. The zero-order chi connectivity index (χ0) is 47.1. The van der Waals surface area contributed by atoms with Crippen LogP contribution in [0.15, 0.2) is 0 Å². The predicted octanol–water partition coefficient (Wildman–Crippen LogP) is 18.2. The van der Waals surface area contributed by atoms with Crippen molar-refractivity contribution in [3.63, 3.8) is 0 Å². The molecule has 64 heavy (non-hydrogen) atoms. The summed E-state index contributed by atoms with van der Waals surface area (Å²) in [6, 6.07) is 0. The van der Waals surface area contributed by atoms with Crippen LogP contribution in [0.25, 0.3) is 5.73 Å². The number of nitrogens with one attached hydrogen (secondary N) is 1. The van der Waals surface area contributed by atoms with Crippen molar-refractivity contribution >= 4 is 0 Å². The van der Waals surface area contributed by atoms with Crippen molar-refractivity contribution in [2.45, 2.75) is 330 Å². The maximum Gasteiger partial charge on any atom is 0.0782 e. The van der Waals surface area contributed by atoms with Crippen LogP contribution in [0.5, 0.6) is 0 Å². The van der Waals surface area contributed by atoms with Crippen LogP contribution in [0.3, 0.4) is 0 Å². The highest BCUT2D eigenvalue weighted by Gasteiger charge is 2.13. The second-order valence-corrected chi connectivity index (χ2v) is 22.0. The van der Waals surface area contributed by atoms with E-state index in [1.54, 1.807) is 0 Å². The van der Waals surface area contributed by atoms with Gasteiger partial charge < -0.3 is 31.7 Å². The van der Waals surface area contributed by atoms with Crippen LogP contribution in [-0.2, 0) is 0 Å². The highest BCUT2D eigenvalue weighted by molar-refractivity contribution is 4.54. The number of hydrogen-bond donors (Lipinski definition) is 0. The lowest BCUT2D eigenvalue weighted by Gasteiger charge is -2.29. The summed E-state index contributed by atoms with van der Waals surface area (Å²) in [6.07, 6.45) is 66.0. The Kier molecular flexibility index (Phi) is 68.0. The molecule has 392 valence electrons. The average Bonchev–Trinajstić information content (AvgIpc) is 3.25. The Labute approximate surface area is 420 Å². The lowest BCUT2D eigenvalue weighted by molar-refractivity contribution is -0.890. The van der Waals surface area contributed by atoms with Crippen molar-refractivity contribution in [2.24, 2.45) is 0 Å². The number of rotatable bonds is 50. The van der Waals surface area contributed by atoms with Gasteiger partial charge in [0.25, 0.3) is 0 Å². The molecule has 0 heterocycles. The normalized spacial score (nSPS) is 11.5. The third-order valence-corrected chi connectivity index (χ3v) is 13.9. The molecule has 0 aromatic heterocycles. The Morgan fingerprint density at radius 3 is 0.516 bits per heavy atom. The van der Waals surface area contributed by atoms with Gasteiger partial charge in [0.05, 0.1) is 54.4 Å². The van der Waals surface area contributed by atoms with Crippen molar-refractivity contribution in [1.82, 2.24) is 0 Å². The molecule has 0 aliphatic heterocycles. The van der Waals surface area contributed by atoms with E-state index in [-0.39, 0.29) is 17.0 Å². The minimum Gasteiger partial charge on any atom is -1.00 e. The molecule has 0 saturated heterocycles. The van der Waals surface area contributed by atoms with Crippen molar-refractivity contribution in [1.29, 1.82) is 0 Å². The largest absolute Gasteiger partial charge is 1.00 e. The molecular formula is C60H130BrN3. The van der Waals surface area contributed by atoms with Crippen molar-refractivity contribution < 1.29 is 25.9 Å². The fraction of sp³-hybridized carbons (Fsp3) is 1.00. The molecule has 0 aliphatic rings. The number of hydrogen-bond acceptors (Lipinski definition) is 0. The lowest BCUT2D eigenvalue weighted by atomic mass is 10.0. The number of unbranched alkanes of at least 4 members (excludes halogenated alkanes) is 41. The van der Waals surface area contributed by atoms with Gasteiger partial charge in [-0.3, -0.25) is 0 Å². The summed E-state index contributed by atoms with van der Waals surface area (Å²) in [6.45, 7) is 17.5. The highest BCUT2D eigenvalue weighted by atomic mass is 79.9. The fourth-order valence-corrected chi connectivity index (χ4v) is 9.58. The Morgan fingerprint density at radius 1 is 0.203 bits per heavy atom. The van der Waals surface area contributed by atoms with E-state index in [0.29, 0.717) is 6.54 Å². The van der Waals surface area contributed by atoms with E-state index in [9.17, 15) is 0 Å². The topological polar surface area (TPSA) is 23.8 Å². The van der Waals surface area contributed by atoms with Crippen LogP contribution in [0.1, 0.15) is 330 Å².